The summed E-state index contributed by atoms with van der Waals surface area (Å²) >= 11 is 0. The van der Waals surface area contributed by atoms with E-state index >= 15 is 0 Å². The second kappa shape index (κ2) is 7.10. The maximum atomic E-state index is 10.5. The third kappa shape index (κ3) is 4.59. The minimum atomic E-state index is -1.42. The molecule has 1 rings (SSSR count). The third-order valence-corrected chi connectivity index (χ3v) is 1.70. The number of nitro groups is 1. The molecule has 0 radical (unpaired) electrons. The number of nitro benzene ring substituents is 1. The number of hydrogen-bond donors (Lipinski definition) is 0. The molecule has 0 unspecified atom stereocenters. The molecule has 0 saturated heterocycles. The molecule has 0 aliphatic carbocycles. The molecule has 0 heterocycles. The average Bonchev–Trinajstić information content (AvgIpc) is 2.25. The van der Waals surface area contributed by atoms with E-state index in [1.807, 2.05) is 0 Å². The van der Waals surface area contributed by atoms with E-state index in [0.29, 0.717) is 0 Å². The maximum absolute atomic E-state index is 10.5. The Morgan fingerprint density at radius 3 is 2.53 bits per heavy atom. The van der Waals surface area contributed by atoms with Crippen LogP contribution >= 0.6 is 0 Å². The summed E-state index contributed by atoms with van der Waals surface area (Å²) in [5.74, 6) is -1.22. The van der Waals surface area contributed by atoms with Gasteiger partial charge in [-0.15, -0.1) is 0 Å². The number of benzene rings is 1. The van der Waals surface area contributed by atoms with Gasteiger partial charge in [-0.05, 0) is 6.07 Å². The van der Waals surface area contributed by atoms with Crippen molar-refractivity contribution in [3.05, 3.63) is 28.3 Å². The predicted molar refractivity (Wildman–Crippen MR) is 50.2 cm³/mol. The van der Waals surface area contributed by atoms with Gasteiger partial charge in [-0.25, -0.2) is 0 Å². The van der Waals surface area contributed by atoms with E-state index < -0.39 is 17.5 Å². The zero-order chi connectivity index (χ0) is 12.1. The second-order valence-electron chi connectivity index (χ2n) is 2.75. The summed E-state index contributed by atoms with van der Waals surface area (Å²) in [5, 5.41) is 20.7. The summed E-state index contributed by atoms with van der Waals surface area (Å²) in [7, 11) is 1.34. The van der Waals surface area contributed by atoms with Crippen LogP contribution in [-0.4, -0.2) is 24.6 Å². The van der Waals surface area contributed by atoms with Crippen LogP contribution in [-0.2, 0) is 4.79 Å². The number of nitrogens with zero attached hydrogens (tertiary/aromatic N) is 1. The van der Waals surface area contributed by atoms with Crippen LogP contribution in [0.3, 0.4) is 0 Å². The fourth-order valence-corrected chi connectivity index (χ4v) is 1.03. The van der Waals surface area contributed by atoms with Crippen LogP contribution in [0.1, 0.15) is 0 Å². The Labute approximate surface area is 119 Å². The van der Waals surface area contributed by atoms with Gasteiger partial charge in [0.1, 0.15) is 6.61 Å². The van der Waals surface area contributed by atoms with E-state index in [1.54, 1.807) is 0 Å². The quantitative estimate of drug-likeness (QED) is 0.308. The van der Waals surface area contributed by atoms with Crippen LogP contribution < -0.4 is 44.1 Å². The van der Waals surface area contributed by atoms with Gasteiger partial charge >= 0.3 is 29.6 Å². The van der Waals surface area contributed by atoms with E-state index in [-0.39, 0.29) is 46.7 Å². The van der Waals surface area contributed by atoms with E-state index in [0.717, 1.165) is 6.07 Å². The van der Waals surface area contributed by atoms with E-state index in [9.17, 15) is 20.0 Å². The first-order chi connectivity index (χ1) is 7.54. The number of carboxylic acid groups (broad SMARTS) is 1. The summed E-state index contributed by atoms with van der Waals surface area (Å²) in [6.07, 6.45) is 0. The molecule has 86 valence electrons. The molecule has 17 heavy (non-hydrogen) atoms. The molecule has 0 N–H and O–H groups in total. The molecule has 0 amide bonds. The van der Waals surface area contributed by atoms with E-state index in [2.05, 4.69) is 0 Å². The van der Waals surface area contributed by atoms with Gasteiger partial charge in [-0.2, -0.15) is 0 Å². The second-order valence-corrected chi connectivity index (χ2v) is 2.75. The molecule has 1 aromatic rings. The van der Waals surface area contributed by atoms with Crippen LogP contribution in [0.5, 0.6) is 11.5 Å². The Kier molecular flexibility index (Phi) is 6.55. The van der Waals surface area contributed by atoms with Gasteiger partial charge < -0.3 is 19.4 Å². The topological polar surface area (TPSA) is 102 Å². The first kappa shape index (κ1) is 15.7. The van der Waals surface area contributed by atoms with E-state index in [4.69, 9.17) is 9.47 Å². The number of carboxylic acids is 1. The standard InChI is InChI=1S/C9H9NO6.Na/c1-15-7-3-2-6(10(13)14)4-8(7)16-5-9(11)12;/h2-4H,5H2,1H3,(H,11,12);/q;+1/p-1. The Bertz CT molecular complexity index is 422. The van der Waals surface area contributed by atoms with Gasteiger partial charge in [0.2, 0.25) is 0 Å². The van der Waals surface area contributed by atoms with Crippen molar-refractivity contribution < 1.29 is 53.9 Å². The number of hydrogen-bond acceptors (Lipinski definition) is 6. The van der Waals surface area contributed by atoms with Crippen molar-refractivity contribution in [2.45, 2.75) is 0 Å². The van der Waals surface area contributed by atoms with Crippen LogP contribution in [0.25, 0.3) is 0 Å². The maximum Gasteiger partial charge on any atom is 1.00 e. The Morgan fingerprint density at radius 2 is 2.06 bits per heavy atom. The van der Waals surface area contributed by atoms with Crippen LogP contribution in [0.2, 0.25) is 0 Å². The molecular formula is C9H8NNaO6. The fraction of sp³-hybridized carbons (Fsp3) is 0.222. The van der Waals surface area contributed by atoms with Gasteiger partial charge in [0.15, 0.2) is 11.5 Å². The minimum Gasteiger partial charge on any atom is -0.546 e. The summed E-state index contributed by atoms with van der Waals surface area (Å²) in [4.78, 5) is 20.0. The summed E-state index contributed by atoms with van der Waals surface area (Å²) in [6, 6.07) is 3.63. The summed E-state index contributed by atoms with van der Waals surface area (Å²) in [6.45, 7) is -0.697. The molecule has 0 bridgehead atoms. The molecular weight excluding hydrogens is 241 g/mol. The normalized spacial score (nSPS) is 9.00. The Hall–Kier alpha value is -1.31. The third-order valence-electron chi connectivity index (χ3n) is 1.70. The van der Waals surface area contributed by atoms with E-state index in [1.165, 1.54) is 19.2 Å². The Balaban J connectivity index is 0.00000256. The van der Waals surface area contributed by atoms with Gasteiger partial charge in [-0.3, -0.25) is 10.1 Å². The van der Waals surface area contributed by atoms with Crippen molar-refractivity contribution in [2.75, 3.05) is 13.7 Å². The smallest absolute Gasteiger partial charge is 0.546 e. The number of carbonyl (C=O) groups is 1. The van der Waals surface area contributed by atoms with Gasteiger partial charge in [-0.1, -0.05) is 0 Å². The zero-order valence-corrected chi connectivity index (χ0v) is 11.3. The summed E-state index contributed by atoms with van der Waals surface area (Å²) in [5.41, 5.74) is -0.214. The van der Waals surface area contributed by atoms with Gasteiger partial charge in [0.25, 0.3) is 5.69 Å². The SMILES string of the molecule is COc1ccc([N+](=O)[O-])cc1OCC(=O)[O-].[Na+]. The Morgan fingerprint density at radius 1 is 1.41 bits per heavy atom. The van der Waals surface area contributed by atoms with Crippen molar-refractivity contribution in [1.29, 1.82) is 0 Å². The first-order valence-electron chi connectivity index (χ1n) is 4.19. The molecule has 0 fully saturated rings. The number of rotatable bonds is 5. The van der Waals surface area contributed by atoms with Crippen LogP contribution in [0.4, 0.5) is 5.69 Å². The van der Waals surface area contributed by atoms with Crippen molar-refractivity contribution in [2.24, 2.45) is 0 Å². The van der Waals surface area contributed by atoms with Crippen molar-refractivity contribution in [3.63, 3.8) is 0 Å². The van der Waals surface area contributed by atoms with Crippen LogP contribution in [0.15, 0.2) is 18.2 Å². The monoisotopic (exact) mass is 249 g/mol. The number of ether oxygens (including phenoxy) is 2. The number of carbonyl (C=O) groups excluding carboxylic acids is 1. The molecule has 7 nitrogen and oxygen atoms in total. The van der Waals surface area contributed by atoms with Crippen molar-refractivity contribution in [3.8, 4) is 11.5 Å². The summed E-state index contributed by atoms with van der Waals surface area (Å²) < 4.78 is 9.64. The number of methoxy groups -OCH3 is 1. The predicted octanol–water partition coefficient (Wildman–Crippen LogP) is -3.26. The zero-order valence-electron chi connectivity index (χ0n) is 9.34. The van der Waals surface area contributed by atoms with Crippen LogP contribution in [0, 0.1) is 10.1 Å². The fourth-order valence-electron chi connectivity index (χ4n) is 1.03. The average molecular weight is 249 g/mol. The first-order valence-corrected chi connectivity index (χ1v) is 4.19. The largest absolute Gasteiger partial charge is 1.00 e. The van der Waals surface area contributed by atoms with Crippen molar-refractivity contribution >= 4 is 11.7 Å². The minimum absolute atomic E-state index is 0. The van der Waals surface area contributed by atoms with Gasteiger partial charge in [0.05, 0.1) is 24.1 Å². The van der Waals surface area contributed by atoms with Gasteiger partial charge in [0, 0.05) is 6.07 Å². The molecule has 0 atom stereocenters. The number of aliphatic carboxylic acids is 1. The molecule has 1 aromatic carbocycles. The molecule has 0 aliphatic rings. The molecule has 0 spiro atoms. The molecule has 0 saturated carbocycles. The molecule has 8 heteroatoms. The molecule has 0 aliphatic heterocycles. The number of non-ortho nitro benzene ring substituents is 1. The molecule has 0 aromatic heterocycles. The van der Waals surface area contributed by atoms with Crippen molar-refractivity contribution in [1.82, 2.24) is 0 Å².